The van der Waals surface area contributed by atoms with Crippen molar-refractivity contribution in [2.45, 2.75) is 70.0 Å². The van der Waals surface area contributed by atoms with Crippen molar-refractivity contribution in [2.24, 2.45) is 29.6 Å². The van der Waals surface area contributed by atoms with Gasteiger partial charge < -0.3 is 15.0 Å². The Labute approximate surface area is 157 Å². The van der Waals surface area contributed by atoms with Gasteiger partial charge in [-0.15, -0.1) is 0 Å². The lowest BCUT2D eigenvalue weighted by Crippen LogP contribution is -2.58. The van der Waals surface area contributed by atoms with E-state index in [0.717, 1.165) is 19.4 Å². The SMILES string of the molecule is CC[C@@H]1CN(C)[C@H]2C[C@@H]3[C@@H]4CCCC[C@@H]4N[C@@H]3C(=O)C[C@@H]1[C@H]2C(=O)OC. The second kappa shape index (κ2) is 7.23. The third-order valence-electron chi connectivity index (χ3n) is 8.06. The molecule has 0 unspecified atom stereocenters. The summed E-state index contributed by atoms with van der Waals surface area (Å²) in [6.45, 7) is 3.17. The molecule has 2 aliphatic heterocycles. The van der Waals surface area contributed by atoms with Gasteiger partial charge in [-0.05, 0) is 50.0 Å². The molecule has 0 spiro atoms. The second-order valence-electron chi connectivity index (χ2n) is 9.16. The maximum atomic E-state index is 13.3. The molecule has 1 N–H and O–H groups in total. The van der Waals surface area contributed by atoms with Gasteiger partial charge in [-0.25, -0.2) is 0 Å². The molecule has 2 saturated heterocycles. The molecular formula is C21H34N2O3. The summed E-state index contributed by atoms with van der Waals surface area (Å²) in [5, 5.41) is 3.72. The number of hydrogen-bond donors (Lipinski definition) is 1. The monoisotopic (exact) mass is 362 g/mol. The maximum Gasteiger partial charge on any atom is 0.310 e. The van der Waals surface area contributed by atoms with Gasteiger partial charge >= 0.3 is 5.97 Å². The molecule has 0 aromatic heterocycles. The number of likely N-dealkylation sites (tertiary alicyclic amines) is 1. The van der Waals surface area contributed by atoms with E-state index >= 15 is 0 Å². The van der Waals surface area contributed by atoms with E-state index in [4.69, 9.17) is 4.74 Å². The van der Waals surface area contributed by atoms with Crippen LogP contribution < -0.4 is 5.32 Å². The van der Waals surface area contributed by atoms with Crippen molar-refractivity contribution in [3.05, 3.63) is 0 Å². The van der Waals surface area contributed by atoms with Crippen LogP contribution in [-0.2, 0) is 14.3 Å². The zero-order valence-electron chi connectivity index (χ0n) is 16.4. The quantitative estimate of drug-likeness (QED) is 0.764. The second-order valence-corrected chi connectivity index (χ2v) is 9.16. The number of nitrogens with one attached hydrogen (secondary N) is 1. The molecule has 0 aromatic carbocycles. The highest BCUT2D eigenvalue weighted by molar-refractivity contribution is 5.86. The number of piperidine rings is 1. The van der Waals surface area contributed by atoms with Crippen molar-refractivity contribution >= 4 is 11.8 Å². The molecule has 8 atom stereocenters. The van der Waals surface area contributed by atoms with Crippen molar-refractivity contribution < 1.29 is 14.3 Å². The van der Waals surface area contributed by atoms with Crippen molar-refractivity contribution in [3.8, 4) is 0 Å². The standard InChI is InChI=1S/C21H34N2O3/c1-4-12-11-23(2)17-9-15-13-7-5-6-8-16(13)22-20(15)18(24)10-14(12)19(17)21(25)26-3/h12-17,19-20,22H,4-11H2,1-3H3/t12-,13+,14+,15-,16+,17+,19-,20+/m1/s1. The van der Waals surface area contributed by atoms with Gasteiger partial charge in [0.05, 0.1) is 19.1 Å². The summed E-state index contributed by atoms with van der Waals surface area (Å²) < 4.78 is 5.22. The molecule has 4 rings (SSSR count). The number of nitrogens with zero attached hydrogens (tertiary/aromatic N) is 1. The van der Waals surface area contributed by atoms with Crippen LogP contribution in [-0.4, -0.2) is 55.5 Å². The Bertz CT molecular complexity index is 565. The summed E-state index contributed by atoms with van der Waals surface area (Å²) in [4.78, 5) is 28.4. The Balaban J connectivity index is 1.69. The topological polar surface area (TPSA) is 58.6 Å². The minimum absolute atomic E-state index is 0.00991. The van der Waals surface area contributed by atoms with Gasteiger partial charge in [0.2, 0.25) is 0 Å². The van der Waals surface area contributed by atoms with E-state index in [2.05, 4.69) is 24.2 Å². The molecule has 5 heteroatoms. The lowest BCUT2D eigenvalue weighted by molar-refractivity contribution is -0.157. The summed E-state index contributed by atoms with van der Waals surface area (Å²) in [7, 11) is 3.66. The summed E-state index contributed by atoms with van der Waals surface area (Å²) in [5.74, 6) is 1.59. The largest absolute Gasteiger partial charge is 0.469 e. The number of rotatable bonds is 2. The fraction of sp³-hybridized carbons (Fsp3) is 0.905. The molecule has 0 amide bonds. The average molecular weight is 363 g/mol. The van der Waals surface area contributed by atoms with Crippen LogP contribution >= 0.6 is 0 Å². The maximum absolute atomic E-state index is 13.3. The number of methoxy groups -OCH3 is 1. The van der Waals surface area contributed by atoms with E-state index in [-0.39, 0.29) is 29.9 Å². The molecule has 4 fully saturated rings. The van der Waals surface area contributed by atoms with Crippen LogP contribution in [0.3, 0.4) is 0 Å². The van der Waals surface area contributed by atoms with Crippen LogP contribution in [0.4, 0.5) is 0 Å². The molecule has 4 aliphatic rings. The van der Waals surface area contributed by atoms with Crippen LogP contribution in [0.15, 0.2) is 0 Å². The van der Waals surface area contributed by atoms with E-state index in [1.54, 1.807) is 0 Å². The van der Waals surface area contributed by atoms with E-state index < -0.39 is 0 Å². The molecule has 2 heterocycles. The first kappa shape index (κ1) is 18.4. The summed E-state index contributed by atoms with van der Waals surface area (Å²) in [6.07, 6.45) is 7.48. The minimum Gasteiger partial charge on any atom is -0.469 e. The van der Waals surface area contributed by atoms with Gasteiger partial charge in [0.15, 0.2) is 0 Å². The van der Waals surface area contributed by atoms with Crippen molar-refractivity contribution in [3.63, 3.8) is 0 Å². The Hall–Kier alpha value is -0.940. The van der Waals surface area contributed by atoms with Gasteiger partial charge in [0.1, 0.15) is 5.78 Å². The van der Waals surface area contributed by atoms with Crippen LogP contribution in [0.2, 0.25) is 0 Å². The Kier molecular flexibility index (Phi) is 5.13. The lowest BCUT2D eigenvalue weighted by Gasteiger charge is -2.50. The predicted octanol–water partition coefficient (Wildman–Crippen LogP) is 2.24. The molecule has 0 radical (unpaired) electrons. The lowest BCUT2D eigenvalue weighted by atomic mass is 9.63. The molecule has 146 valence electrons. The van der Waals surface area contributed by atoms with Crippen LogP contribution in [0.5, 0.6) is 0 Å². The van der Waals surface area contributed by atoms with E-state index in [1.807, 2.05) is 0 Å². The Morgan fingerprint density at radius 2 is 2.00 bits per heavy atom. The van der Waals surface area contributed by atoms with Crippen molar-refractivity contribution in [1.29, 1.82) is 0 Å². The van der Waals surface area contributed by atoms with Crippen molar-refractivity contribution in [1.82, 2.24) is 10.2 Å². The molecule has 2 bridgehead atoms. The van der Waals surface area contributed by atoms with Crippen LogP contribution in [0.1, 0.15) is 51.9 Å². The first-order valence-electron chi connectivity index (χ1n) is 10.6. The highest BCUT2D eigenvalue weighted by Crippen LogP contribution is 2.47. The number of Topliss-reactive ketones (excluding diaryl/α,β-unsaturated/α-hetero) is 1. The normalized spacial score (nSPS) is 46.0. The Morgan fingerprint density at radius 3 is 2.73 bits per heavy atom. The highest BCUT2D eigenvalue weighted by atomic mass is 16.5. The van der Waals surface area contributed by atoms with E-state index in [1.165, 1.54) is 32.8 Å². The highest BCUT2D eigenvalue weighted by Gasteiger charge is 2.54. The van der Waals surface area contributed by atoms with E-state index in [9.17, 15) is 9.59 Å². The van der Waals surface area contributed by atoms with Crippen LogP contribution in [0, 0.1) is 29.6 Å². The zero-order chi connectivity index (χ0) is 18.4. The predicted molar refractivity (Wildman–Crippen MR) is 99.6 cm³/mol. The third kappa shape index (κ3) is 2.91. The fourth-order valence-electron chi connectivity index (χ4n) is 6.77. The Morgan fingerprint density at radius 1 is 1.23 bits per heavy atom. The third-order valence-corrected chi connectivity index (χ3v) is 8.06. The first-order valence-corrected chi connectivity index (χ1v) is 10.6. The zero-order valence-corrected chi connectivity index (χ0v) is 16.4. The van der Waals surface area contributed by atoms with Gasteiger partial charge in [0.25, 0.3) is 0 Å². The number of carbonyl (C=O) groups is 2. The number of fused-ring (bicyclic) bond motifs is 5. The molecular weight excluding hydrogens is 328 g/mol. The smallest absolute Gasteiger partial charge is 0.310 e. The molecule has 0 aromatic rings. The summed E-state index contributed by atoms with van der Waals surface area (Å²) >= 11 is 0. The van der Waals surface area contributed by atoms with Crippen LogP contribution in [0.25, 0.3) is 0 Å². The number of carbonyl (C=O) groups excluding carboxylic acids is 2. The van der Waals surface area contributed by atoms with Gasteiger partial charge in [-0.1, -0.05) is 26.2 Å². The molecule has 2 saturated carbocycles. The fourth-order valence-corrected chi connectivity index (χ4v) is 6.77. The number of ketones is 1. The molecule has 2 aliphatic carbocycles. The first-order chi connectivity index (χ1) is 12.5. The molecule has 5 nitrogen and oxygen atoms in total. The minimum atomic E-state index is -0.156. The van der Waals surface area contributed by atoms with E-state index in [0.29, 0.717) is 36.0 Å². The van der Waals surface area contributed by atoms with Gasteiger partial charge in [0, 0.05) is 25.0 Å². The van der Waals surface area contributed by atoms with Gasteiger partial charge in [-0.2, -0.15) is 0 Å². The molecule has 26 heavy (non-hydrogen) atoms. The summed E-state index contributed by atoms with van der Waals surface area (Å²) in [5.41, 5.74) is 0. The number of hydrogen-bond acceptors (Lipinski definition) is 5. The number of esters is 1. The summed E-state index contributed by atoms with van der Waals surface area (Å²) in [6, 6.07) is 0.721. The van der Waals surface area contributed by atoms with Crippen molar-refractivity contribution in [2.75, 3.05) is 20.7 Å². The van der Waals surface area contributed by atoms with Gasteiger partial charge in [-0.3, -0.25) is 9.59 Å². The average Bonchev–Trinajstić information content (AvgIpc) is 3.01. The number of ether oxygens (including phenoxy) is 1.